The maximum absolute atomic E-state index is 12.3. The van der Waals surface area contributed by atoms with Crippen molar-refractivity contribution >= 4 is 28.5 Å². The molecule has 7 heteroatoms. The predicted molar refractivity (Wildman–Crippen MR) is 76.8 cm³/mol. The highest BCUT2D eigenvalue weighted by molar-refractivity contribution is 8.14. The molecule has 1 atom stereocenters. The summed E-state index contributed by atoms with van der Waals surface area (Å²) in [6, 6.07) is 4.75. The molecule has 4 nitrogen and oxygen atoms in total. The van der Waals surface area contributed by atoms with Crippen molar-refractivity contribution in [3.8, 4) is 5.75 Å². The molecule has 2 rings (SSSR count). The van der Waals surface area contributed by atoms with Gasteiger partial charge in [0.2, 0.25) is 5.91 Å². The lowest BCUT2D eigenvalue weighted by Gasteiger charge is -2.18. The van der Waals surface area contributed by atoms with Crippen molar-refractivity contribution in [2.45, 2.75) is 32.1 Å². The molecule has 21 heavy (non-hydrogen) atoms. The average molecular weight is 315 g/mol. The number of carbonyl (C=O) groups excluding carboxylic acids is 2. The Bertz CT molecular complexity index is 565. The molecule has 0 aliphatic carbocycles. The number of hydrogen-bond acceptors (Lipinski definition) is 4. The maximum atomic E-state index is 12.3. The number of aryl methyl sites for hydroxylation is 1. The van der Waals surface area contributed by atoms with Gasteiger partial charge in [-0.2, -0.15) is 8.78 Å². The third kappa shape index (κ3) is 3.93. The Kier molecular flexibility index (Phi) is 4.82. The molecule has 1 amide bonds. The van der Waals surface area contributed by atoms with Crippen molar-refractivity contribution < 1.29 is 23.1 Å². The topological polar surface area (TPSA) is 46.6 Å². The van der Waals surface area contributed by atoms with E-state index < -0.39 is 6.61 Å². The van der Waals surface area contributed by atoms with E-state index in [1.807, 2.05) is 0 Å². The van der Waals surface area contributed by atoms with Crippen LogP contribution in [0, 0.1) is 6.92 Å². The normalized spacial score (nSPS) is 18.4. The summed E-state index contributed by atoms with van der Waals surface area (Å²) in [6.07, 6.45) is 0.267. The lowest BCUT2D eigenvalue weighted by atomic mass is 10.2. The zero-order chi connectivity index (χ0) is 15.6. The second kappa shape index (κ2) is 6.43. The van der Waals surface area contributed by atoms with Crippen LogP contribution in [-0.2, 0) is 9.59 Å². The van der Waals surface area contributed by atoms with Crippen molar-refractivity contribution in [1.82, 2.24) is 0 Å². The van der Waals surface area contributed by atoms with E-state index in [2.05, 4.69) is 4.74 Å². The van der Waals surface area contributed by atoms with Crippen LogP contribution in [-0.4, -0.2) is 29.4 Å². The molecule has 0 bridgehead atoms. The molecule has 0 N–H and O–H groups in total. The molecule has 0 saturated carbocycles. The number of anilines is 1. The van der Waals surface area contributed by atoms with Crippen LogP contribution in [0.5, 0.6) is 5.75 Å². The van der Waals surface area contributed by atoms with Gasteiger partial charge < -0.3 is 9.64 Å². The molecule has 1 saturated heterocycles. The van der Waals surface area contributed by atoms with E-state index in [0.29, 0.717) is 17.8 Å². The SMILES string of the molecule is CC(=O)SC1CC(=O)N(c2ccc(C)c(OC(F)F)c2)C1. The zero-order valence-electron chi connectivity index (χ0n) is 11.6. The first-order valence-corrected chi connectivity index (χ1v) is 7.28. The molecule has 0 aromatic heterocycles. The van der Waals surface area contributed by atoms with Crippen LogP contribution in [0.2, 0.25) is 0 Å². The largest absolute Gasteiger partial charge is 0.434 e. The van der Waals surface area contributed by atoms with Crippen molar-refractivity contribution in [1.29, 1.82) is 0 Å². The van der Waals surface area contributed by atoms with Gasteiger partial charge in [0.05, 0.1) is 0 Å². The van der Waals surface area contributed by atoms with Crippen LogP contribution in [0.4, 0.5) is 14.5 Å². The Morgan fingerprint density at radius 3 is 2.81 bits per heavy atom. The first-order valence-electron chi connectivity index (χ1n) is 6.40. The number of hydrogen-bond donors (Lipinski definition) is 0. The summed E-state index contributed by atoms with van der Waals surface area (Å²) in [5, 5.41) is -0.143. The number of carbonyl (C=O) groups is 2. The van der Waals surface area contributed by atoms with E-state index in [1.165, 1.54) is 17.9 Å². The van der Waals surface area contributed by atoms with Gasteiger partial charge in [0.1, 0.15) is 5.75 Å². The number of nitrogens with zero attached hydrogens (tertiary/aromatic N) is 1. The van der Waals surface area contributed by atoms with Gasteiger partial charge in [-0.1, -0.05) is 17.8 Å². The quantitative estimate of drug-likeness (QED) is 0.857. The van der Waals surface area contributed by atoms with Gasteiger partial charge >= 0.3 is 6.61 Å². The fourth-order valence-electron chi connectivity index (χ4n) is 2.22. The number of amides is 1. The first-order chi connectivity index (χ1) is 9.86. The van der Waals surface area contributed by atoms with E-state index in [0.717, 1.165) is 11.8 Å². The standard InChI is InChI=1S/C14H15F2NO3S/c1-8-3-4-10(5-12(8)20-14(15)16)17-7-11(6-13(17)19)21-9(2)18/h3-5,11,14H,6-7H2,1-2H3. The Labute approximate surface area is 125 Å². The van der Waals surface area contributed by atoms with Gasteiger partial charge in [-0.3, -0.25) is 9.59 Å². The molecule has 1 heterocycles. The van der Waals surface area contributed by atoms with Crippen molar-refractivity contribution in [2.24, 2.45) is 0 Å². The Balaban J connectivity index is 2.18. The fraction of sp³-hybridized carbons (Fsp3) is 0.429. The van der Waals surface area contributed by atoms with E-state index in [1.54, 1.807) is 19.1 Å². The zero-order valence-corrected chi connectivity index (χ0v) is 12.5. The summed E-state index contributed by atoms with van der Waals surface area (Å²) in [4.78, 5) is 24.6. The van der Waals surface area contributed by atoms with Crippen molar-refractivity contribution in [3.05, 3.63) is 23.8 Å². The van der Waals surface area contributed by atoms with E-state index in [4.69, 9.17) is 0 Å². The number of benzene rings is 1. The average Bonchev–Trinajstić information content (AvgIpc) is 2.71. The number of alkyl halides is 2. The third-order valence-corrected chi connectivity index (χ3v) is 4.10. The molecular weight excluding hydrogens is 300 g/mol. The van der Waals surface area contributed by atoms with Crippen LogP contribution < -0.4 is 9.64 Å². The van der Waals surface area contributed by atoms with E-state index >= 15 is 0 Å². The van der Waals surface area contributed by atoms with Crippen LogP contribution in [0.15, 0.2) is 18.2 Å². The summed E-state index contributed by atoms with van der Waals surface area (Å²) >= 11 is 1.13. The lowest BCUT2D eigenvalue weighted by molar-refractivity contribution is -0.117. The highest BCUT2D eigenvalue weighted by Gasteiger charge is 2.32. The molecule has 1 aliphatic rings. The van der Waals surface area contributed by atoms with Crippen molar-refractivity contribution in [3.63, 3.8) is 0 Å². The molecule has 0 radical (unpaired) electrons. The minimum Gasteiger partial charge on any atom is -0.434 e. The number of rotatable bonds is 4. The second-order valence-corrected chi connectivity index (χ2v) is 6.25. The molecule has 1 fully saturated rings. The molecule has 1 aromatic rings. The molecule has 1 aliphatic heterocycles. The fourth-order valence-corrected chi connectivity index (χ4v) is 3.14. The van der Waals surface area contributed by atoms with Crippen LogP contribution in [0.25, 0.3) is 0 Å². The van der Waals surface area contributed by atoms with Gasteiger partial charge in [-0.05, 0) is 18.6 Å². The van der Waals surface area contributed by atoms with Gasteiger partial charge in [0.25, 0.3) is 0 Å². The minimum absolute atomic E-state index is 0.0414. The molecule has 1 aromatic carbocycles. The van der Waals surface area contributed by atoms with Crippen molar-refractivity contribution in [2.75, 3.05) is 11.4 Å². The highest BCUT2D eigenvalue weighted by atomic mass is 32.2. The molecule has 0 spiro atoms. The predicted octanol–water partition coefficient (Wildman–Crippen LogP) is 2.98. The lowest BCUT2D eigenvalue weighted by Crippen LogP contribution is -2.25. The summed E-state index contributed by atoms with van der Waals surface area (Å²) in [5.74, 6) is -0.0708. The van der Waals surface area contributed by atoms with Crippen LogP contribution >= 0.6 is 11.8 Å². The van der Waals surface area contributed by atoms with Gasteiger partial charge in [-0.25, -0.2) is 0 Å². The second-order valence-electron chi connectivity index (χ2n) is 4.77. The molecule has 1 unspecified atom stereocenters. The first kappa shape index (κ1) is 15.8. The highest BCUT2D eigenvalue weighted by Crippen LogP contribution is 2.32. The number of ether oxygens (including phenoxy) is 1. The minimum atomic E-state index is -2.91. The Morgan fingerprint density at radius 1 is 1.48 bits per heavy atom. The van der Waals surface area contributed by atoms with Gasteiger partial charge in [-0.15, -0.1) is 0 Å². The Morgan fingerprint density at radius 2 is 2.19 bits per heavy atom. The summed E-state index contributed by atoms with van der Waals surface area (Å²) in [7, 11) is 0. The summed E-state index contributed by atoms with van der Waals surface area (Å²) in [6.45, 7) is 0.592. The molecule has 114 valence electrons. The Hall–Kier alpha value is -1.63. The smallest absolute Gasteiger partial charge is 0.387 e. The van der Waals surface area contributed by atoms with Gasteiger partial charge in [0.15, 0.2) is 5.12 Å². The van der Waals surface area contributed by atoms with Gasteiger partial charge in [0, 0.05) is 36.9 Å². The summed E-state index contributed by atoms with van der Waals surface area (Å²) in [5.41, 5.74) is 1.08. The van der Waals surface area contributed by atoms with E-state index in [9.17, 15) is 18.4 Å². The third-order valence-electron chi connectivity index (χ3n) is 3.12. The number of thioether (sulfide) groups is 1. The van der Waals surface area contributed by atoms with Crippen LogP contribution in [0.3, 0.4) is 0 Å². The van der Waals surface area contributed by atoms with E-state index in [-0.39, 0.29) is 28.4 Å². The maximum Gasteiger partial charge on any atom is 0.387 e. The van der Waals surface area contributed by atoms with Crippen LogP contribution in [0.1, 0.15) is 18.9 Å². The number of halogens is 2. The molecular formula is C14H15F2NO3S. The monoisotopic (exact) mass is 315 g/mol. The summed E-state index contributed by atoms with van der Waals surface area (Å²) < 4.78 is 29.1.